The van der Waals surface area contributed by atoms with Gasteiger partial charge >= 0.3 is 0 Å². The predicted octanol–water partition coefficient (Wildman–Crippen LogP) is -1.38. The van der Waals surface area contributed by atoms with Crippen LogP contribution in [0.25, 0.3) is 5.52 Å². The Morgan fingerprint density at radius 2 is 1.90 bits per heavy atom. The van der Waals surface area contributed by atoms with Crippen LogP contribution in [0, 0.1) is 13.8 Å². The second kappa shape index (κ2) is 5.89. The normalized spacial score (nSPS) is 11.4. The molecule has 0 radical (unpaired) electrons. The number of halogens is 1. The van der Waals surface area contributed by atoms with E-state index < -0.39 is 0 Å². The van der Waals surface area contributed by atoms with E-state index in [9.17, 15) is 0 Å². The van der Waals surface area contributed by atoms with Crippen molar-refractivity contribution in [2.75, 3.05) is 40.0 Å². The summed E-state index contributed by atoms with van der Waals surface area (Å²) >= 11 is 0. The Morgan fingerprint density at radius 1 is 1.25 bits per heavy atom. The van der Waals surface area contributed by atoms with Gasteiger partial charge in [-0.25, -0.2) is 4.52 Å². The average Bonchev–Trinajstić information content (AvgIpc) is 2.61. The second-order valence-electron chi connectivity index (χ2n) is 5.98. The number of hydrogen-bond donors (Lipinski definition) is 1. The summed E-state index contributed by atoms with van der Waals surface area (Å²) in [6.45, 7) is 5.61. The van der Waals surface area contributed by atoms with Crippen molar-refractivity contribution in [3.63, 3.8) is 0 Å². The van der Waals surface area contributed by atoms with E-state index in [1.807, 2.05) is 17.5 Å². The molecular weight excluding hydrogens is 276 g/mol. The topological polar surface area (TPSA) is 52.5 Å². The summed E-state index contributed by atoms with van der Waals surface area (Å²) in [6.07, 6.45) is 0. The van der Waals surface area contributed by atoms with Gasteiger partial charge in [0.25, 0.3) is 5.88 Å². The molecule has 0 aliphatic carbocycles. The molecule has 0 unspecified atom stereocenters. The number of aromatic nitrogens is 2. The lowest BCUT2D eigenvalue weighted by Crippen LogP contribution is -3.00. The van der Waals surface area contributed by atoms with Gasteiger partial charge in [0, 0.05) is 5.69 Å². The monoisotopic (exact) mass is 298 g/mol. The summed E-state index contributed by atoms with van der Waals surface area (Å²) in [7, 11) is 6.39. The Morgan fingerprint density at radius 3 is 2.50 bits per heavy atom. The van der Waals surface area contributed by atoms with Crippen molar-refractivity contribution in [1.29, 1.82) is 0 Å². The van der Waals surface area contributed by atoms with Gasteiger partial charge in [-0.05, 0) is 25.5 Å². The summed E-state index contributed by atoms with van der Waals surface area (Å²) in [5, 5.41) is 4.45. The average molecular weight is 299 g/mol. The summed E-state index contributed by atoms with van der Waals surface area (Å²) in [5.41, 5.74) is 9.89. The van der Waals surface area contributed by atoms with Crippen LogP contribution in [0.15, 0.2) is 12.1 Å². The number of likely N-dealkylation sites (N-methyl/N-ethyl adjacent to an activating group) is 1. The summed E-state index contributed by atoms with van der Waals surface area (Å²) in [5.74, 6) is 0.530. The first-order valence-electron chi connectivity index (χ1n) is 6.47. The van der Waals surface area contributed by atoms with E-state index >= 15 is 0 Å². The van der Waals surface area contributed by atoms with Crippen molar-refractivity contribution >= 4 is 11.2 Å². The van der Waals surface area contributed by atoms with Crippen molar-refractivity contribution < 1.29 is 21.6 Å². The molecule has 0 bridgehead atoms. The minimum Gasteiger partial charge on any atom is -1.00 e. The Bertz CT molecular complexity index is 601. The maximum Gasteiger partial charge on any atom is 0.257 e. The number of fused-ring (bicyclic) bond motifs is 1. The number of quaternary nitrogens is 1. The van der Waals surface area contributed by atoms with Gasteiger partial charge in [-0.15, -0.1) is 5.10 Å². The number of rotatable bonds is 4. The number of pyridine rings is 1. The first kappa shape index (κ1) is 16.6. The summed E-state index contributed by atoms with van der Waals surface area (Å²) in [6, 6.07) is 4.04. The van der Waals surface area contributed by atoms with Gasteiger partial charge in [0.15, 0.2) is 0 Å². The fourth-order valence-corrected chi connectivity index (χ4v) is 1.85. The molecule has 0 aromatic carbocycles. The van der Waals surface area contributed by atoms with E-state index in [0.29, 0.717) is 18.2 Å². The van der Waals surface area contributed by atoms with Gasteiger partial charge < -0.3 is 27.4 Å². The lowest BCUT2D eigenvalue weighted by Gasteiger charge is -2.23. The van der Waals surface area contributed by atoms with Gasteiger partial charge in [-0.2, -0.15) is 0 Å². The van der Waals surface area contributed by atoms with Crippen molar-refractivity contribution in [3.8, 4) is 5.88 Å². The molecule has 6 heteroatoms. The van der Waals surface area contributed by atoms with Crippen molar-refractivity contribution in [2.45, 2.75) is 13.8 Å². The molecule has 0 spiro atoms. The third-order valence-corrected chi connectivity index (χ3v) is 3.31. The number of aryl methyl sites for hydroxylation is 2. The number of hydrogen-bond acceptors (Lipinski definition) is 3. The van der Waals surface area contributed by atoms with Crippen LogP contribution < -0.4 is 22.9 Å². The molecular formula is C14H23ClN4O. The molecule has 2 N–H and O–H groups in total. The van der Waals surface area contributed by atoms with Crippen molar-refractivity contribution in [2.24, 2.45) is 0 Å². The van der Waals surface area contributed by atoms with Gasteiger partial charge in [-0.3, -0.25) is 0 Å². The Kier molecular flexibility index (Phi) is 4.89. The van der Waals surface area contributed by atoms with Crippen LogP contribution >= 0.6 is 0 Å². The van der Waals surface area contributed by atoms with Crippen LogP contribution in [0.3, 0.4) is 0 Å². The first-order valence-corrected chi connectivity index (χ1v) is 6.47. The molecule has 112 valence electrons. The molecule has 2 heterocycles. The van der Waals surface area contributed by atoms with Crippen LogP contribution in [0.2, 0.25) is 0 Å². The van der Waals surface area contributed by atoms with Crippen molar-refractivity contribution in [1.82, 2.24) is 9.61 Å². The highest BCUT2D eigenvalue weighted by Crippen LogP contribution is 2.27. The van der Waals surface area contributed by atoms with E-state index in [1.165, 1.54) is 5.56 Å². The number of nitrogens with two attached hydrogens (primary N) is 1. The molecule has 0 aliphatic rings. The summed E-state index contributed by atoms with van der Waals surface area (Å²) in [4.78, 5) is 0. The maximum absolute atomic E-state index is 6.09. The van der Waals surface area contributed by atoms with E-state index in [4.69, 9.17) is 10.5 Å². The molecule has 0 atom stereocenters. The molecule has 0 saturated heterocycles. The number of nitrogens with zero attached hydrogens (tertiary/aromatic N) is 3. The number of anilines is 1. The van der Waals surface area contributed by atoms with Gasteiger partial charge in [0.2, 0.25) is 0 Å². The minimum atomic E-state index is 0. The fourth-order valence-electron chi connectivity index (χ4n) is 1.85. The summed E-state index contributed by atoms with van der Waals surface area (Å²) < 4.78 is 8.43. The SMILES string of the molecule is Cc1ccc2c(N)c(OCC[N+](C)(C)C)nn2c1C.[Cl-]. The highest BCUT2D eigenvalue weighted by Gasteiger charge is 2.14. The van der Waals surface area contributed by atoms with Gasteiger partial charge in [0.1, 0.15) is 18.8 Å². The quantitative estimate of drug-likeness (QED) is 0.708. The third kappa shape index (κ3) is 3.35. The van der Waals surface area contributed by atoms with Crippen molar-refractivity contribution in [3.05, 3.63) is 23.4 Å². The number of ether oxygens (including phenoxy) is 1. The van der Waals surface area contributed by atoms with Crippen LogP contribution in [-0.2, 0) is 0 Å². The zero-order valence-electron chi connectivity index (χ0n) is 12.8. The number of nitrogen functional groups attached to an aromatic ring is 1. The molecule has 2 aromatic heterocycles. The van der Waals surface area contributed by atoms with Crippen LogP contribution in [-0.4, -0.2) is 48.4 Å². The zero-order chi connectivity index (χ0) is 14.2. The zero-order valence-corrected chi connectivity index (χ0v) is 13.5. The molecule has 5 nitrogen and oxygen atoms in total. The molecule has 2 aromatic rings. The highest BCUT2D eigenvalue weighted by molar-refractivity contribution is 5.75. The Hall–Kier alpha value is -1.46. The predicted molar refractivity (Wildman–Crippen MR) is 77.5 cm³/mol. The largest absolute Gasteiger partial charge is 1.00 e. The van der Waals surface area contributed by atoms with Crippen LogP contribution in [0.5, 0.6) is 5.88 Å². The molecule has 0 aliphatic heterocycles. The van der Waals surface area contributed by atoms with Gasteiger partial charge in [-0.1, -0.05) is 6.07 Å². The standard InChI is InChI=1S/C14H23N4O.ClH/c1-10-6-7-12-13(15)14(16-17(12)11(10)2)19-9-8-18(3,4)5;/h6-7H,8-9,15H2,1-5H3;1H/q+1;/p-1. The van der Waals surface area contributed by atoms with E-state index in [1.54, 1.807) is 0 Å². The smallest absolute Gasteiger partial charge is 0.257 e. The lowest BCUT2D eigenvalue weighted by atomic mass is 10.2. The second-order valence-corrected chi connectivity index (χ2v) is 5.98. The highest BCUT2D eigenvalue weighted by atomic mass is 35.5. The molecule has 2 rings (SSSR count). The van der Waals surface area contributed by atoms with Gasteiger partial charge in [0.05, 0.1) is 26.7 Å². The molecule has 0 amide bonds. The molecule has 0 saturated carbocycles. The first-order chi connectivity index (χ1) is 8.79. The minimum absolute atomic E-state index is 0. The Balaban J connectivity index is 0.00000200. The van der Waals surface area contributed by atoms with Crippen LogP contribution in [0.4, 0.5) is 5.69 Å². The lowest BCUT2D eigenvalue weighted by molar-refractivity contribution is -0.870. The third-order valence-electron chi connectivity index (χ3n) is 3.31. The fraction of sp³-hybridized carbons (Fsp3) is 0.500. The Labute approximate surface area is 126 Å². The maximum atomic E-state index is 6.09. The molecule has 20 heavy (non-hydrogen) atoms. The van der Waals surface area contributed by atoms with Crippen LogP contribution in [0.1, 0.15) is 11.3 Å². The van der Waals surface area contributed by atoms with E-state index in [-0.39, 0.29) is 12.4 Å². The van der Waals surface area contributed by atoms with E-state index in [0.717, 1.165) is 22.2 Å². The molecule has 0 fully saturated rings. The van der Waals surface area contributed by atoms with E-state index in [2.05, 4.69) is 39.2 Å².